The lowest BCUT2D eigenvalue weighted by Crippen LogP contribution is -2.09. The van der Waals surface area contributed by atoms with Gasteiger partial charge < -0.3 is 9.32 Å². The van der Waals surface area contributed by atoms with Crippen LogP contribution in [0.3, 0.4) is 0 Å². The van der Waals surface area contributed by atoms with Crippen molar-refractivity contribution >= 4 is 28.2 Å². The fraction of sp³-hybridized carbons (Fsp3) is 0.0312. The Hall–Kier alpha value is -4.63. The summed E-state index contributed by atoms with van der Waals surface area (Å²) in [4.78, 5) is 6.90. The number of aromatic nitrogens is 1. The van der Waals surface area contributed by atoms with Crippen molar-refractivity contribution in [3.8, 4) is 22.6 Å². The van der Waals surface area contributed by atoms with Gasteiger partial charge in [0.2, 0.25) is 5.89 Å². The van der Waals surface area contributed by atoms with Gasteiger partial charge in [0.15, 0.2) is 5.58 Å². The van der Waals surface area contributed by atoms with Gasteiger partial charge in [0.05, 0.1) is 0 Å². The average Bonchev–Trinajstić information content (AvgIpc) is 3.35. The highest BCUT2D eigenvalue weighted by atomic mass is 16.3. The summed E-state index contributed by atoms with van der Waals surface area (Å²) in [6.07, 6.45) is 0. The monoisotopic (exact) mass is 452 g/mol. The molecule has 0 atom stereocenters. The van der Waals surface area contributed by atoms with Gasteiger partial charge in [0.25, 0.3) is 0 Å². The molecule has 1 aromatic heterocycles. The number of hydrogen-bond acceptors (Lipinski definition) is 3. The zero-order valence-electron chi connectivity index (χ0n) is 19.4. The second-order valence-electron chi connectivity index (χ2n) is 8.62. The Morgan fingerprint density at radius 1 is 0.514 bits per heavy atom. The molecule has 0 N–H and O–H groups in total. The van der Waals surface area contributed by atoms with Crippen LogP contribution >= 0.6 is 0 Å². The highest BCUT2D eigenvalue weighted by Crippen LogP contribution is 2.36. The first kappa shape index (κ1) is 20.9. The number of hydrogen-bond donors (Lipinski definition) is 0. The van der Waals surface area contributed by atoms with E-state index in [0.29, 0.717) is 5.89 Å². The van der Waals surface area contributed by atoms with Gasteiger partial charge in [0.1, 0.15) is 5.52 Å². The van der Waals surface area contributed by atoms with E-state index in [1.807, 2.05) is 30.3 Å². The molecule has 35 heavy (non-hydrogen) atoms. The molecule has 168 valence electrons. The van der Waals surface area contributed by atoms with Crippen molar-refractivity contribution < 1.29 is 4.42 Å². The molecule has 3 heteroatoms. The summed E-state index contributed by atoms with van der Waals surface area (Å²) in [5.41, 5.74) is 9.57. The van der Waals surface area contributed by atoms with Crippen LogP contribution in [0.1, 0.15) is 5.56 Å². The van der Waals surface area contributed by atoms with E-state index in [9.17, 15) is 0 Å². The summed E-state index contributed by atoms with van der Waals surface area (Å²) in [6, 6.07) is 44.0. The zero-order chi connectivity index (χ0) is 23.6. The lowest BCUT2D eigenvalue weighted by molar-refractivity contribution is 0.620. The molecule has 6 aromatic rings. The molecular weight excluding hydrogens is 428 g/mol. The second-order valence-corrected chi connectivity index (χ2v) is 8.62. The third-order valence-electron chi connectivity index (χ3n) is 6.19. The highest BCUT2D eigenvalue weighted by molar-refractivity contribution is 5.80. The molecule has 0 fully saturated rings. The van der Waals surface area contributed by atoms with Gasteiger partial charge in [-0.2, -0.15) is 0 Å². The standard InChI is InChI=1S/C32H24N2O/c1-23-11-13-24(14-12-23)25-15-19-28(20-16-25)34(27-7-3-2-4-8-27)29-21-17-26(18-22-29)32-33-30-9-5-6-10-31(30)35-32/h2-22H,1H3. The zero-order valence-corrected chi connectivity index (χ0v) is 19.4. The van der Waals surface area contributed by atoms with Crippen LogP contribution in [0.4, 0.5) is 17.1 Å². The van der Waals surface area contributed by atoms with Crippen LogP contribution in [0.15, 0.2) is 132 Å². The third kappa shape index (κ3) is 4.20. The maximum atomic E-state index is 5.96. The molecule has 0 aliphatic rings. The molecule has 6 rings (SSSR count). The first-order valence-electron chi connectivity index (χ1n) is 11.7. The summed E-state index contributed by atoms with van der Waals surface area (Å²) in [5, 5.41) is 0. The summed E-state index contributed by atoms with van der Waals surface area (Å²) < 4.78 is 5.96. The second kappa shape index (κ2) is 8.96. The van der Waals surface area contributed by atoms with Crippen molar-refractivity contribution in [1.29, 1.82) is 0 Å². The Bertz CT molecular complexity index is 1530. The lowest BCUT2D eigenvalue weighted by Gasteiger charge is -2.25. The summed E-state index contributed by atoms with van der Waals surface area (Å²) in [6.45, 7) is 2.11. The molecule has 3 nitrogen and oxygen atoms in total. The smallest absolute Gasteiger partial charge is 0.227 e. The number of para-hydroxylation sites is 3. The van der Waals surface area contributed by atoms with E-state index in [1.54, 1.807) is 0 Å². The Labute approximate surface area is 204 Å². The Morgan fingerprint density at radius 2 is 1.03 bits per heavy atom. The van der Waals surface area contributed by atoms with Crippen LogP contribution in [0.2, 0.25) is 0 Å². The molecule has 0 aliphatic carbocycles. The molecule has 0 saturated carbocycles. The topological polar surface area (TPSA) is 29.3 Å². The lowest BCUT2D eigenvalue weighted by atomic mass is 10.0. The van der Waals surface area contributed by atoms with Gasteiger partial charge in [-0.3, -0.25) is 0 Å². The summed E-state index contributed by atoms with van der Waals surface area (Å²) in [7, 11) is 0. The van der Waals surface area contributed by atoms with Crippen molar-refractivity contribution in [2.75, 3.05) is 4.90 Å². The van der Waals surface area contributed by atoms with Crippen molar-refractivity contribution in [3.05, 3.63) is 133 Å². The maximum absolute atomic E-state index is 5.96. The van der Waals surface area contributed by atoms with E-state index in [2.05, 4.69) is 114 Å². The predicted molar refractivity (Wildman–Crippen MR) is 144 cm³/mol. The van der Waals surface area contributed by atoms with Crippen molar-refractivity contribution in [1.82, 2.24) is 4.98 Å². The SMILES string of the molecule is Cc1ccc(-c2ccc(N(c3ccccc3)c3ccc(-c4nc5ccccc5o4)cc3)cc2)cc1. The van der Waals surface area contributed by atoms with Gasteiger partial charge in [-0.25, -0.2) is 4.98 Å². The van der Waals surface area contributed by atoms with Gasteiger partial charge in [0, 0.05) is 22.6 Å². The average molecular weight is 453 g/mol. The number of aryl methyl sites for hydroxylation is 1. The molecule has 0 radical (unpaired) electrons. The molecule has 0 spiro atoms. The minimum Gasteiger partial charge on any atom is -0.436 e. The molecule has 5 aromatic carbocycles. The Morgan fingerprint density at radius 3 is 1.66 bits per heavy atom. The number of benzene rings is 5. The minimum atomic E-state index is 0.631. The van der Waals surface area contributed by atoms with Crippen LogP contribution in [0, 0.1) is 6.92 Å². The van der Waals surface area contributed by atoms with Gasteiger partial charge in [-0.05, 0) is 78.7 Å². The summed E-state index contributed by atoms with van der Waals surface area (Å²) in [5.74, 6) is 0.631. The predicted octanol–water partition coefficient (Wildman–Crippen LogP) is 8.94. The first-order chi connectivity index (χ1) is 17.2. The van der Waals surface area contributed by atoms with Gasteiger partial charge in [-0.1, -0.05) is 72.3 Å². The van der Waals surface area contributed by atoms with Gasteiger partial charge >= 0.3 is 0 Å². The van der Waals surface area contributed by atoms with Crippen molar-refractivity contribution in [3.63, 3.8) is 0 Å². The van der Waals surface area contributed by atoms with Gasteiger partial charge in [-0.15, -0.1) is 0 Å². The number of fused-ring (bicyclic) bond motifs is 1. The highest BCUT2D eigenvalue weighted by Gasteiger charge is 2.14. The fourth-order valence-electron chi connectivity index (χ4n) is 4.32. The van der Waals surface area contributed by atoms with Crippen LogP contribution in [0.25, 0.3) is 33.7 Å². The van der Waals surface area contributed by atoms with Crippen LogP contribution in [0.5, 0.6) is 0 Å². The number of rotatable bonds is 5. The summed E-state index contributed by atoms with van der Waals surface area (Å²) >= 11 is 0. The number of nitrogens with zero attached hydrogens (tertiary/aromatic N) is 2. The largest absolute Gasteiger partial charge is 0.436 e. The molecule has 0 saturated heterocycles. The first-order valence-corrected chi connectivity index (χ1v) is 11.7. The van der Waals surface area contributed by atoms with Crippen molar-refractivity contribution in [2.45, 2.75) is 6.92 Å². The molecule has 0 aliphatic heterocycles. The Kier molecular flexibility index (Phi) is 5.36. The third-order valence-corrected chi connectivity index (χ3v) is 6.19. The molecule has 0 amide bonds. The van der Waals surface area contributed by atoms with E-state index in [-0.39, 0.29) is 0 Å². The number of oxazole rings is 1. The van der Waals surface area contributed by atoms with Crippen LogP contribution < -0.4 is 4.90 Å². The Balaban J connectivity index is 1.36. The minimum absolute atomic E-state index is 0.631. The molecule has 0 unspecified atom stereocenters. The van der Waals surface area contributed by atoms with Crippen molar-refractivity contribution in [2.24, 2.45) is 0 Å². The molecular formula is C32H24N2O. The van der Waals surface area contributed by atoms with E-state index in [4.69, 9.17) is 4.42 Å². The number of anilines is 3. The van der Waals surface area contributed by atoms with E-state index < -0.39 is 0 Å². The van der Waals surface area contributed by atoms with E-state index in [1.165, 1.54) is 16.7 Å². The van der Waals surface area contributed by atoms with E-state index in [0.717, 1.165) is 33.7 Å². The normalized spacial score (nSPS) is 11.0. The molecule has 0 bridgehead atoms. The van der Waals surface area contributed by atoms with Crippen LogP contribution in [-0.2, 0) is 0 Å². The maximum Gasteiger partial charge on any atom is 0.227 e. The quantitative estimate of drug-likeness (QED) is 0.261. The van der Waals surface area contributed by atoms with Crippen LogP contribution in [-0.4, -0.2) is 4.98 Å². The fourth-order valence-corrected chi connectivity index (χ4v) is 4.32. The molecule has 1 heterocycles. The van der Waals surface area contributed by atoms with E-state index >= 15 is 0 Å².